The number of hydrogen-bond donors (Lipinski definition) is 2. The standard InChI is InChI=1S/C11H11N3O/c15-11-13-5-6-14(11)9-1-2-10-8(7-9)3-4-12-10/h1-2,5-7,12H,3-4H2,(H,13,15). The SMILES string of the molecule is O=c1[nH]ccn1-c1ccc2c(c1)CCN2. The van der Waals surface area contributed by atoms with Crippen LogP contribution in [0.2, 0.25) is 0 Å². The average Bonchev–Trinajstić information content (AvgIpc) is 2.84. The topological polar surface area (TPSA) is 49.8 Å². The van der Waals surface area contributed by atoms with Crippen molar-refractivity contribution in [2.24, 2.45) is 0 Å². The molecule has 0 saturated heterocycles. The third-order valence-electron chi connectivity index (χ3n) is 2.73. The van der Waals surface area contributed by atoms with Crippen molar-refractivity contribution in [2.75, 3.05) is 11.9 Å². The van der Waals surface area contributed by atoms with E-state index in [1.807, 2.05) is 12.1 Å². The van der Waals surface area contributed by atoms with E-state index in [4.69, 9.17) is 0 Å². The van der Waals surface area contributed by atoms with Gasteiger partial charge in [-0.1, -0.05) is 0 Å². The molecule has 2 heterocycles. The summed E-state index contributed by atoms with van der Waals surface area (Å²) in [5.41, 5.74) is 3.28. The molecule has 0 spiro atoms. The lowest BCUT2D eigenvalue weighted by molar-refractivity contribution is 0.982. The number of benzene rings is 1. The van der Waals surface area contributed by atoms with E-state index in [1.165, 1.54) is 11.3 Å². The molecule has 2 N–H and O–H groups in total. The first-order chi connectivity index (χ1) is 7.34. The normalized spacial score (nSPS) is 13.6. The van der Waals surface area contributed by atoms with Gasteiger partial charge in [-0.3, -0.25) is 4.57 Å². The van der Waals surface area contributed by atoms with Gasteiger partial charge in [0.1, 0.15) is 0 Å². The summed E-state index contributed by atoms with van der Waals surface area (Å²) >= 11 is 0. The second-order valence-electron chi connectivity index (χ2n) is 3.65. The van der Waals surface area contributed by atoms with E-state index < -0.39 is 0 Å². The summed E-state index contributed by atoms with van der Waals surface area (Å²) < 4.78 is 1.61. The van der Waals surface area contributed by atoms with Crippen LogP contribution < -0.4 is 11.0 Å². The second-order valence-corrected chi connectivity index (χ2v) is 3.65. The van der Waals surface area contributed by atoms with Crippen molar-refractivity contribution in [3.63, 3.8) is 0 Å². The molecule has 4 heteroatoms. The Kier molecular flexibility index (Phi) is 1.68. The van der Waals surface area contributed by atoms with Crippen LogP contribution in [0.3, 0.4) is 0 Å². The van der Waals surface area contributed by atoms with Crippen molar-refractivity contribution in [1.29, 1.82) is 0 Å². The average molecular weight is 201 g/mol. The first kappa shape index (κ1) is 8.35. The zero-order valence-corrected chi connectivity index (χ0v) is 8.16. The Morgan fingerprint density at radius 2 is 2.27 bits per heavy atom. The number of nitrogens with one attached hydrogen (secondary N) is 2. The molecule has 0 unspecified atom stereocenters. The lowest BCUT2D eigenvalue weighted by Gasteiger charge is -2.04. The minimum Gasteiger partial charge on any atom is -0.384 e. The van der Waals surface area contributed by atoms with Gasteiger partial charge in [0.2, 0.25) is 0 Å². The zero-order valence-electron chi connectivity index (χ0n) is 8.16. The number of hydrogen-bond acceptors (Lipinski definition) is 2. The van der Waals surface area contributed by atoms with Gasteiger partial charge in [0, 0.05) is 24.6 Å². The van der Waals surface area contributed by atoms with Crippen LogP contribution in [-0.2, 0) is 6.42 Å². The van der Waals surface area contributed by atoms with Gasteiger partial charge in [-0.15, -0.1) is 0 Å². The molecule has 0 atom stereocenters. The van der Waals surface area contributed by atoms with E-state index in [2.05, 4.69) is 16.4 Å². The summed E-state index contributed by atoms with van der Waals surface area (Å²) in [6, 6.07) is 6.04. The monoisotopic (exact) mass is 201 g/mol. The van der Waals surface area contributed by atoms with Crippen molar-refractivity contribution in [1.82, 2.24) is 9.55 Å². The van der Waals surface area contributed by atoms with Crippen molar-refractivity contribution < 1.29 is 0 Å². The summed E-state index contributed by atoms with van der Waals surface area (Å²) in [6.45, 7) is 0.987. The summed E-state index contributed by atoms with van der Waals surface area (Å²) in [5, 5.41) is 3.29. The number of aromatic amines is 1. The molecule has 0 aliphatic carbocycles. The van der Waals surface area contributed by atoms with Gasteiger partial charge >= 0.3 is 5.69 Å². The summed E-state index contributed by atoms with van der Waals surface area (Å²) in [5.74, 6) is 0. The molecule has 0 saturated carbocycles. The van der Waals surface area contributed by atoms with Crippen LogP contribution in [0.25, 0.3) is 5.69 Å². The van der Waals surface area contributed by atoms with E-state index >= 15 is 0 Å². The van der Waals surface area contributed by atoms with Gasteiger partial charge in [-0.25, -0.2) is 4.79 Å². The fourth-order valence-electron chi connectivity index (χ4n) is 1.96. The molecule has 0 amide bonds. The quantitative estimate of drug-likeness (QED) is 0.726. The number of H-pyrrole nitrogens is 1. The van der Waals surface area contributed by atoms with Crippen LogP contribution >= 0.6 is 0 Å². The molecule has 4 nitrogen and oxygen atoms in total. The molecule has 1 aromatic carbocycles. The molecule has 0 bridgehead atoms. The maximum Gasteiger partial charge on any atom is 0.330 e. The molecule has 1 aromatic heterocycles. The molecule has 0 fully saturated rings. The lowest BCUT2D eigenvalue weighted by atomic mass is 10.1. The van der Waals surface area contributed by atoms with Crippen LogP contribution in [0, 0.1) is 0 Å². The number of rotatable bonds is 1. The van der Waals surface area contributed by atoms with E-state index in [1.54, 1.807) is 17.0 Å². The van der Waals surface area contributed by atoms with Crippen LogP contribution in [0.4, 0.5) is 5.69 Å². The number of fused-ring (bicyclic) bond motifs is 1. The smallest absolute Gasteiger partial charge is 0.330 e. The van der Waals surface area contributed by atoms with Gasteiger partial charge in [-0.05, 0) is 30.2 Å². The van der Waals surface area contributed by atoms with Gasteiger partial charge in [-0.2, -0.15) is 0 Å². The summed E-state index contributed by atoms with van der Waals surface area (Å²) in [6.07, 6.45) is 4.42. The predicted octanol–water partition coefficient (Wildman–Crippen LogP) is 1.13. The third kappa shape index (κ3) is 1.26. The predicted molar refractivity (Wildman–Crippen MR) is 58.6 cm³/mol. The minimum atomic E-state index is -0.0964. The van der Waals surface area contributed by atoms with E-state index in [0.29, 0.717) is 0 Å². The number of imidazole rings is 1. The highest BCUT2D eigenvalue weighted by Crippen LogP contribution is 2.23. The minimum absolute atomic E-state index is 0.0964. The Hall–Kier alpha value is -1.97. The third-order valence-corrected chi connectivity index (χ3v) is 2.73. The Morgan fingerprint density at radius 1 is 1.33 bits per heavy atom. The molecule has 1 aliphatic rings. The fraction of sp³-hybridized carbons (Fsp3) is 0.182. The maximum atomic E-state index is 11.4. The number of aromatic nitrogens is 2. The zero-order chi connectivity index (χ0) is 10.3. The molecule has 3 rings (SSSR count). The van der Waals surface area contributed by atoms with Gasteiger partial charge < -0.3 is 10.3 Å². The molecule has 0 radical (unpaired) electrons. The van der Waals surface area contributed by atoms with E-state index in [9.17, 15) is 4.79 Å². The first-order valence-electron chi connectivity index (χ1n) is 4.98. The van der Waals surface area contributed by atoms with Crippen LogP contribution in [0.5, 0.6) is 0 Å². The van der Waals surface area contributed by atoms with Gasteiger partial charge in [0.15, 0.2) is 0 Å². The van der Waals surface area contributed by atoms with Crippen LogP contribution in [0.15, 0.2) is 35.4 Å². The van der Waals surface area contributed by atoms with Crippen LogP contribution in [0.1, 0.15) is 5.56 Å². The largest absolute Gasteiger partial charge is 0.384 e. The molecular formula is C11H11N3O. The Labute approximate surface area is 86.6 Å². The Bertz CT molecular complexity index is 553. The fourth-order valence-corrected chi connectivity index (χ4v) is 1.96. The summed E-state index contributed by atoms with van der Waals surface area (Å²) in [4.78, 5) is 14.0. The highest BCUT2D eigenvalue weighted by Gasteiger charge is 2.10. The second kappa shape index (κ2) is 3.02. The molecule has 15 heavy (non-hydrogen) atoms. The lowest BCUT2D eigenvalue weighted by Crippen LogP contribution is -2.13. The van der Waals surface area contributed by atoms with E-state index in [-0.39, 0.29) is 5.69 Å². The molecule has 76 valence electrons. The number of anilines is 1. The Balaban J connectivity index is 2.15. The van der Waals surface area contributed by atoms with Crippen molar-refractivity contribution >= 4 is 5.69 Å². The molecule has 2 aromatic rings. The van der Waals surface area contributed by atoms with E-state index in [0.717, 1.165) is 18.7 Å². The summed E-state index contributed by atoms with van der Waals surface area (Å²) in [7, 11) is 0. The first-order valence-corrected chi connectivity index (χ1v) is 4.98. The van der Waals surface area contributed by atoms with Crippen molar-refractivity contribution in [3.05, 3.63) is 46.6 Å². The maximum absolute atomic E-state index is 11.4. The molecule has 1 aliphatic heterocycles. The van der Waals surface area contributed by atoms with Crippen molar-refractivity contribution in [3.8, 4) is 5.69 Å². The van der Waals surface area contributed by atoms with Crippen LogP contribution in [-0.4, -0.2) is 16.1 Å². The molecular weight excluding hydrogens is 190 g/mol. The van der Waals surface area contributed by atoms with Crippen molar-refractivity contribution in [2.45, 2.75) is 6.42 Å². The number of nitrogens with zero attached hydrogens (tertiary/aromatic N) is 1. The highest BCUT2D eigenvalue weighted by atomic mass is 16.1. The van der Waals surface area contributed by atoms with Gasteiger partial charge in [0.25, 0.3) is 0 Å². The van der Waals surface area contributed by atoms with Gasteiger partial charge in [0.05, 0.1) is 5.69 Å². The highest BCUT2D eigenvalue weighted by molar-refractivity contribution is 5.59. The Morgan fingerprint density at radius 3 is 3.07 bits per heavy atom.